The van der Waals surface area contributed by atoms with Gasteiger partial charge in [-0.15, -0.1) is 0 Å². The zero-order valence-corrected chi connectivity index (χ0v) is 6.04. The van der Waals surface area contributed by atoms with Crippen LogP contribution < -0.4 is 0 Å². The Labute approximate surface area is 60.3 Å². The predicted molar refractivity (Wildman–Crippen MR) is 37.5 cm³/mol. The molecule has 0 N–H and O–H groups in total. The molecule has 0 saturated carbocycles. The van der Waals surface area contributed by atoms with E-state index in [0.717, 1.165) is 13.0 Å². The van der Waals surface area contributed by atoms with Crippen molar-refractivity contribution in [3.8, 4) is 0 Å². The second-order valence-electron chi connectivity index (χ2n) is 2.07. The number of carbonyl (C=O) groups excluding carboxylic acids is 1. The molecular formula is C7H11NO2. The van der Waals surface area contributed by atoms with Gasteiger partial charge in [0.15, 0.2) is 0 Å². The van der Waals surface area contributed by atoms with E-state index in [9.17, 15) is 4.79 Å². The summed E-state index contributed by atoms with van der Waals surface area (Å²) in [6.45, 7) is 3.01. The maximum atomic E-state index is 10.9. The second kappa shape index (κ2) is 3.25. The minimum absolute atomic E-state index is 0.240. The molecule has 0 aromatic rings. The van der Waals surface area contributed by atoms with Crippen LogP contribution in [0, 0.1) is 0 Å². The number of nitrogens with zero attached hydrogens (tertiary/aromatic N) is 1. The molecule has 0 spiro atoms. The van der Waals surface area contributed by atoms with Crippen LogP contribution >= 0.6 is 0 Å². The number of hydrogen-bond acceptors (Lipinski definition) is 2. The van der Waals surface area contributed by atoms with Crippen molar-refractivity contribution in [2.45, 2.75) is 13.3 Å². The van der Waals surface area contributed by atoms with Gasteiger partial charge >= 0.3 is 6.09 Å². The Morgan fingerprint density at radius 3 is 3.10 bits per heavy atom. The third kappa shape index (κ3) is 1.50. The summed E-state index contributed by atoms with van der Waals surface area (Å²) in [7, 11) is 0. The molecule has 0 fully saturated rings. The Morgan fingerprint density at radius 1 is 1.80 bits per heavy atom. The normalized spacial score (nSPS) is 15.9. The summed E-state index contributed by atoms with van der Waals surface area (Å²) in [5.41, 5.74) is 0. The molecule has 0 unspecified atom stereocenters. The van der Waals surface area contributed by atoms with Gasteiger partial charge in [0.2, 0.25) is 0 Å². The number of hydrogen-bond donors (Lipinski definition) is 0. The first-order chi connectivity index (χ1) is 4.84. The molecule has 0 saturated heterocycles. The molecule has 1 amide bonds. The van der Waals surface area contributed by atoms with E-state index in [4.69, 9.17) is 4.74 Å². The Balaban J connectivity index is 2.33. The fourth-order valence-electron chi connectivity index (χ4n) is 0.848. The largest absolute Gasteiger partial charge is 0.449 e. The lowest BCUT2D eigenvalue weighted by Gasteiger charge is -2.11. The zero-order valence-electron chi connectivity index (χ0n) is 6.04. The highest BCUT2D eigenvalue weighted by molar-refractivity contribution is 5.69. The first-order valence-corrected chi connectivity index (χ1v) is 3.44. The third-order valence-electron chi connectivity index (χ3n) is 1.32. The lowest BCUT2D eigenvalue weighted by molar-refractivity contribution is 0.125. The molecule has 3 heteroatoms. The summed E-state index contributed by atoms with van der Waals surface area (Å²) >= 11 is 0. The van der Waals surface area contributed by atoms with Crippen molar-refractivity contribution >= 4 is 6.09 Å². The molecular weight excluding hydrogens is 130 g/mol. The summed E-state index contributed by atoms with van der Waals surface area (Å²) < 4.78 is 4.76. The van der Waals surface area contributed by atoms with Crippen LogP contribution in [0.2, 0.25) is 0 Å². The zero-order chi connectivity index (χ0) is 7.40. The molecule has 1 aliphatic heterocycles. The summed E-state index contributed by atoms with van der Waals surface area (Å²) in [6.07, 6.45) is 4.42. The molecule has 0 aromatic heterocycles. The van der Waals surface area contributed by atoms with E-state index in [-0.39, 0.29) is 6.09 Å². The van der Waals surface area contributed by atoms with E-state index in [1.165, 1.54) is 0 Å². The minimum Gasteiger partial charge on any atom is -0.449 e. The van der Waals surface area contributed by atoms with Gasteiger partial charge in [-0.25, -0.2) is 4.79 Å². The first-order valence-electron chi connectivity index (χ1n) is 3.44. The molecule has 0 atom stereocenters. The predicted octanol–water partition coefficient (Wildman–Crippen LogP) is 1.36. The van der Waals surface area contributed by atoms with E-state index < -0.39 is 0 Å². The van der Waals surface area contributed by atoms with Gasteiger partial charge in [-0.05, 0) is 13.3 Å². The quantitative estimate of drug-likeness (QED) is 0.551. The monoisotopic (exact) mass is 141 g/mol. The molecule has 3 nitrogen and oxygen atoms in total. The number of rotatable bonds is 1. The fourth-order valence-corrected chi connectivity index (χ4v) is 0.848. The van der Waals surface area contributed by atoms with Gasteiger partial charge in [0.1, 0.15) is 0 Å². The molecule has 10 heavy (non-hydrogen) atoms. The molecule has 0 aromatic carbocycles. The van der Waals surface area contributed by atoms with Crippen LogP contribution in [-0.4, -0.2) is 24.1 Å². The average molecular weight is 141 g/mol. The highest BCUT2D eigenvalue weighted by Crippen LogP contribution is 2.05. The lowest BCUT2D eigenvalue weighted by Crippen LogP contribution is -2.24. The van der Waals surface area contributed by atoms with Crippen LogP contribution in [0.1, 0.15) is 13.3 Å². The van der Waals surface area contributed by atoms with Gasteiger partial charge in [-0.2, -0.15) is 0 Å². The smallest absolute Gasteiger partial charge is 0.413 e. The lowest BCUT2D eigenvalue weighted by atomic mass is 10.5. The first kappa shape index (κ1) is 7.12. The molecule has 1 rings (SSSR count). The van der Waals surface area contributed by atoms with Crippen LogP contribution in [0.3, 0.4) is 0 Å². The Kier molecular flexibility index (Phi) is 2.31. The maximum Gasteiger partial charge on any atom is 0.413 e. The van der Waals surface area contributed by atoms with Gasteiger partial charge in [0, 0.05) is 12.7 Å². The van der Waals surface area contributed by atoms with Gasteiger partial charge in [0.25, 0.3) is 0 Å². The average Bonchev–Trinajstić information content (AvgIpc) is 2.38. The molecule has 1 aliphatic rings. The van der Waals surface area contributed by atoms with Crippen molar-refractivity contribution in [1.29, 1.82) is 0 Å². The minimum atomic E-state index is -0.240. The number of ether oxygens (including phenoxy) is 1. The Hall–Kier alpha value is -0.990. The highest BCUT2D eigenvalue weighted by Gasteiger charge is 2.13. The summed E-state index contributed by atoms with van der Waals surface area (Å²) in [4.78, 5) is 12.5. The summed E-state index contributed by atoms with van der Waals surface area (Å²) in [5, 5.41) is 0. The topological polar surface area (TPSA) is 29.5 Å². The SMILES string of the molecule is CCOC(=O)N1C=CCC1. The van der Waals surface area contributed by atoms with Crippen LogP contribution in [0.4, 0.5) is 4.79 Å². The van der Waals surface area contributed by atoms with Crippen molar-refractivity contribution in [1.82, 2.24) is 4.90 Å². The van der Waals surface area contributed by atoms with Crippen LogP contribution in [0.15, 0.2) is 12.3 Å². The molecule has 0 aliphatic carbocycles. The van der Waals surface area contributed by atoms with Crippen molar-refractivity contribution in [3.63, 3.8) is 0 Å². The van der Waals surface area contributed by atoms with Crippen molar-refractivity contribution in [2.75, 3.05) is 13.2 Å². The molecule has 0 radical (unpaired) electrons. The molecule has 56 valence electrons. The Bertz CT molecular complexity index is 154. The van der Waals surface area contributed by atoms with Crippen LogP contribution in [0.25, 0.3) is 0 Å². The fraction of sp³-hybridized carbons (Fsp3) is 0.571. The van der Waals surface area contributed by atoms with E-state index in [0.29, 0.717) is 6.61 Å². The van der Waals surface area contributed by atoms with Gasteiger partial charge < -0.3 is 4.74 Å². The van der Waals surface area contributed by atoms with Gasteiger partial charge in [0.05, 0.1) is 6.61 Å². The molecule has 1 heterocycles. The van der Waals surface area contributed by atoms with Crippen LogP contribution in [0.5, 0.6) is 0 Å². The van der Waals surface area contributed by atoms with Crippen LogP contribution in [-0.2, 0) is 4.74 Å². The standard InChI is InChI=1S/C7H11NO2/c1-2-10-7(9)8-5-3-4-6-8/h3,5H,2,4,6H2,1H3. The number of amides is 1. The van der Waals surface area contributed by atoms with E-state index >= 15 is 0 Å². The second-order valence-corrected chi connectivity index (χ2v) is 2.07. The van der Waals surface area contributed by atoms with Crippen molar-refractivity contribution in [2.24, 2.45) is 0 Å². The van der Waals surface area contributed by atoms with E-state index in [1.54, 1.807) is 18.0 Å². The van der Waals surface area contributed by atoms with E-state index in [2.05, 4.69) is 0 Å². The summed E-state index contributed by atoms with van der Waals surface area (Å²) in [5.74, 6) is 0. The van der Waals surface area contributed by atoms with Gasteiger partial charge in [-0.1, -0.05) is 6.08 Å². The van der Waals surface area contributed by atoms with E-state index in [1.807, 2.05) is 6.08 Å². The highest BCUT2D eigenvalue weighted by atomic mass is 16.6. The summed E-state index contributed by atoms with van der Waals surface area (Å²) in [6, 6.07) is 0. The molecule has 0 bridgehead atoms. The third-order valence-corrected chi connectivity index (χ3v) is 1.32. The maximum absolute atomic E-state index is 10.9. The van der Waals surface area contributed by atoms with Gasteiger partial charge in [-0.3, -0.25) is 4.90 Å². The van der Waals surface area contributed by atoms with Crippen molar-refractivity contribution < 1.29 is 9.53 Å². The Morgan fingerprint density at radius 2 is 2.60 bits per heavy atom. The number of carbonyl (C=O) groups is 1. The van der Waals surface area contributed by atoms with Crippen molar-refractivity contribution in [3.05, 3.63) is 12.3 Å².